The number of hydrogen-bond acceptors (Lipinski definition) is 4. The molecule has 0 heterocycles. The molecule has 0 radical (unpaired) electrons. The second-order valence-electron chi connectivity index (χ2n) is 6.27. The first-order valence-electron chi connectivity index (χ1n) is 8.77. The summed E-state index contributed by atoms with van der Waals surface area (Å²) in [6.07, 6.45) is 9.01. The maximum Gasteiger partial charge on any atom is 0.269 e. The number of phenols is 1. The van der Waals surface area contributed by atoms with Crippen LogP contribution in [0.4, 0.5) is 0 Å². The summed E-state index contributed by atoms with van der Waals surface area (Å²) >= 11 is 0. The van der Waals surface area contributed by atoms with Crippen molar-refractivity contribution in [1.82, 2.24) is 0 Å². The molecule has 1 aromatic carbocycles. The maximum atomic E-state index is 11.3. The van der Waals surface area contributed by atoms with Crippen molar-refractivity contribution in [3.05, 3.63) is 28.8 Å². The molecule has 0 aliphatic rings. The average molecular weight is 359 g/mol. The summed E-state index contributed by atoms with van der Waals surface area (Å²) in [5.41, 5.74) is 1.66. The molecule has 0 aromatic heterocycles. The summed E-state index contributed by atoms with van der Waals surface area (Å²) < 4.78 is 31.8. The molecular formula is C18H30O5S. The third-order valence-electron chi connectivity index (χ3n) is 4.24. The van der Waals surface area contributed by atoms with Gasteiger partial charge in [0.15, 0.2) is 0 Å². The first-order valence-corrected chi connectivity index (χ1v) is 10.4. The molecule has 0 saturated carbocycles. The monoisotopic (exact) mass is 358 g/mol. The first-order chi connectivity index (χ1) is 11.4. The van der Waals surface area contributed by atoms with Gasteiger partial charge in [0, 0.05) is 12.2 Å². The Bertz CT molecular complexity index is 596. The summed E-state index contributed by atoms with van der Waals surface area (Å²) in [5, 5.41) is 19.1. The van der Waals surface area contributed by atoms with Crippen LogP contribution in [0.1, 0.15) is 68.6 Å². The number of aliphatic hydroxyl groups is 1. The van der Waals surface area contributed by atoms with Crippen LogP contribution in [0, 0.1) is 0 Å². The number of aliphatic hydroxyl groups excluding tert-OH is 1. The van der Waals surface area contributed by atoms with Crippen LogP contribution in [-0.4, -0.2) is 29.8 Å². The van der Waals surface area contributed by atoms with Gasteiger partial charge in [0.05, 0.1) is 0 Å². The van der Waals surface area contributed by atoms with Crippen molar-refractivity contribution in [3.63, 3.8) is 0 Å². The minimum absolute atomic E-state index is 0.0361. The van der Waals surface area contributed by atoms with E-state index in [1.54, 1.807) is 6.07 Å². The van der Waals surface area contributed by atoms with E-state index in [9.17, 15) is 18.1 Å². The lowest BCUT2D eigenvalue weighted by Crippen LogP contribution is -2.09. The van der Waals surface area contributed by atoms with Crippen LogP contribution >= 0.6 is 0 Å². The van der Waals surface area contributed by atoms with E-state index >= 15 is 0 Å². The van der Waals surface area contributed by atoms with Gasteiger partial charge in [-0.2, -0.15) is 8.42 Å². The molecular weight excluding hydrogens is 328 g/mol. The van der Waals surface area contributed by atoms with Gasteiger partial charge in [-0.05, 0) is 36.5 Å². The van der Waals surface area contributed by atoms with Crippen molar-refractivity contribution in [2.24, 2.45) is 0 Å². The van der Waals surface area contributed by atoms with E-state index in [4.69, 9.17) is 5.11 Å². The fraction of sp³-hybridized carbons (Fsp3) is 0.667. The molecule has 0 aliphatic carbocycles. The standard InChI is InChI=1S/C18H30O5S/c1-2-3-4-5-6-7-8-9-15-10-11-18(20)16(12-13-19)17(15)14-24(21,22)23/h10-11,19-20H,2-9,12-14H2,1H3,(H,21,22,23). The predicted molar refractivity (Wildman–Crippen MR) is 95.8 cm³/mol. The molecule has 5 nitrogen and oxygen atoms in total. The third-order valence-corrected chi connectivity index (χ3v) is 4.90. The Morgan fingerprint density at radius 1 is 0.917 bits per heavy atom. The van der Waals surface area contributed by atoms with Crippen LogP contribution in [0.3, 0.4) is 0 Å². The van der Waals surface area contributed by atoms with Crippen LogP contribution in [-0.2, 0) is 28.7 Å². The molecule has 3 N–H and O–H groups in total. The van der Waals surface area contributed by atoms with Gasteiger partial charge >= 0.3 is 0 Å². The lowest BCUT2D eigenvalue weighted by atomic mass is 9.95. The Hall–Kier alpha value is -1.11. The number of rotatable bonds is 12. The minimum Gasteiger partial charge on any atom is -0.508 e. The van der Waals surface area contributed by atoms with E-state index in [1.165, 1.54) is 31.7 Å². The van der Waals surface area contributed by atoms with Gasteiger partial charge in [0.25, 0.3) is 10.1 Å². The Kier molecular flexibility index (Phi) is 9.33. The molecule has 0 spiro atoms. The van der Waals surface area contributed by atoms with Gasteiger partial charge in [-0.1, -0.05) is 51.5 Å². The van der Waals surface area contributed by atoms with E-state index in [0.29, 0.717) is 17.5 Å². The summed E-state index contributed by atoms with van der Waals surface area (Å²) in [6.45, 7) is 2.00. The van der Waals surface area contributed by atoms with Gasteiger partial charge in [0.1, 0.15) is 11.5 Å². The highest BCUT2D eigenvalue weighted by molar-refractivity contribution is 7.85. The SMILES string of the molecule is CCCCCCCCCc1ccc(O)c(CCO)c1CS(=O)(=O)O. The summed E-state index contributed by atoms with van der Waals surface area (Å²) in [4.78, 5) is 0. The van der Waals surface area contributed by atoms with E-state index < -0.39 is 15.9 Å². The summed E-state index contributed by atoms with van der Waals surface area (Å²) in [6, 6.07) is 3.25. The molecule has 1 aromatic rings. The number of unbranched alkanes of at least 4 members (excludes halogenated alkanes) is 6. The fourth-order valence-electron chi connectivity index (χ4n) is 2.99. The lowest BCUT2D eigenvalue weighted by Gasteiger charge is -2.15. The van der Waals surface area contributed by atoms with E-state index in [-0.39, 0.29) is 18.8 Å². The Labute approximate surface area is 145 Å². The van der Waals surface area contributed by atoms with Gasteiger partial charge in [-0.3, -0.25) is 4.55 Å². The van der Waals surface area contributed by atoms with Gasteiger partial charge < -0.3 is 10.2 Å². The Balaban J connectivity index is 2.76. The Morgan fingerprint density at radius 3 is 2.12 bits per heavy atom. The molecule has 0 unspecified atom stereocenters. The number of aromatic hydroxyl groups is 1. The number of benzene rings is 1. The van der Waals surface area contributed by atoms with Crippen molar-refractivity contribution in [3.8, 4) is 5.75 Å². The van der Waals surface area contributed by atoms with Crippen molar-refractivity contribution in [2.75, 3.05) is 6.61 Å². The molecule has 1 rings (SSSR count). The normalized spacial score (nSPS) is 11.8. The molecule has 0 saturated heterocycles. The molecule has 6 heteroatoms. The van der Waals surface area contributed by atoms with Gasteiger partial charge in [-0.15, -0.1) is 0 Å². The highest BCUT2D eigenvalue weighted by atomic mass is 32.2. The van der Waals surface area contributed by atoms with E-state index in [0.717, 1.165) is 24.8 Å². The number of aryl methyl sites for hydroxylation is 1. The average Bonchev–Trinajstić information content (AvgIpc) is 2.50. The molecule has 0 aliphatic heterocycles. The third kappa shape index (κ3) is 7.64. The smallest absolute Gasteiger partial charge is 0.269 e. The van der Waals surface area contributed by atoms with Gasteiger partial charge in [0.2, 0.25) is 0 Å². The largest absolute Gasteiger partial charge is 0.508 e. The zero-order valence-corrected chi connectivity index (χ0v) is 15.3. The highest BCUT2D eigenvalue weighted by Crippen LogP contribution is 2.28. The second kappa shape index (κ2) is 10.7. The van der Waals surface area contributed by atoms with Crippen molar-refractivity contribution in [2.45, 2.75) is 70.5 Å². The van der Waals surface area contributed by atoms with Gasteiger partial charge in [-0.25, -0.2) is 0 Å². The summed E-state index contributed by atoms with van der Waals surface area (Å²) in [5.74, 6) is -0.561. The molecule has 24 heavy (non-hydrogen) atoms. The predicted octanol–water partition coefficient (Wildman–Crippen LogP) is 3.61. The molecule has 0 bridgehead atoms. The van der Waals surface area contributed by atoms with E-state index in [1.807, 2.05) is 0 Å². The van der Waals surface area contributed by atoms with Crippen molar-refractivity contribution in [1.29, 1.82) is 0 Å². The highest BCUT2D eigenvalue weighted by Gasteiger charge is 2.18. The molecule has 0 fully saturated rings. The summed E-state index contributed by atoms with van der Waals surface area (Å²) in [7, 11) is -4.20. The van der Waals surface area contributed by atoms with Crippen LogP contribution in [0.25, 0.3) is 0 Å². The molecule has 0 atom stereocenters. The van der Waals surface area contributed by atoms with Crippen LogP contribution in [0.15, 0.2) is 12.1 Å². The molecule has 138 valence electrons. The number of hydrogen-bond donors (Lipinski definition) is 3. The minimum atomic E-state index is -4.20. The number of phenolic OH excluding ortho intramolecular Hbond substituents is 1. The topological polar surface area (TPSA) is 94.8 Å². The quantitative estimate of drug-likeness (QED) is 0.392. The lowest BCUT2D eigenvalue weighted by molar-refractivity contribution is 0.297. The fourth-order valence-corrected chi connectivity index (χ4v) is 3.71. The maximum absolute atomic E-state index is 11.3. The molecule has 0 amide bonds. The van der Waals surface area contributed by atoms with Crippen molar-refractivity contribution < 1.29 is 23.2 Å². The van der Waals surface area contributed by atoms with Crippen LogP contribution in [0.2, 0.25) is 0 Å². The Morgan fingerprint density at radius 2 is 1.54 bits per heavy atom. The van der Waals surface area contributed by atoms with Crippen molar-refractivity contribution >= 4 is 10.1 Å². The first kappa shape index (κ1) is 20.9. The van der Waals surface area contributed by atoms with Crippen LogP contribution in [0.5, 0.6) is 5.75 Å². The zero-order valence-electron chi connectivity index (χ0n) is 14.5. The van der Waals surface area contributed by atoms with E-state index in [2.05, 4.69) is 6.92 Å². The zero-order chi connectivity index (χ0) is 18.0. The van der Waals surface area contributed by atoms with Crippen LogP contribution < -0.4 is 0 Å². The second-order valence-corrected chi connectivity index (χ2v) is 7.72.